The first kappa shape index (κ1) is 18.0. The maximum absolute atomic E-state index is 12.5. The van der Waals surface area contributed by atoms with E-state index >= 15 is 0 Å². The zero-order valence-corrected chi connectivity index (χ0v) is 14.6. The highest BCUT2D eigenvalue weighted by Gasteiger charge is 2.23. The summed E-state index contributed by atoms with van der Waals surface area (Å²) in [6, 6.07) is 6.90. The van der Waals surface area contributed by atoms with Gasteiger partial charge in [0.15, 0.2) is 5.76 Å². The van der Waals surface area contributed by atoms with Crippen LogP contribution in [0.4, 0.5) is 5.69 Å². The smallest absolute Gasteiger partial charge is 0.291 e. The van der Waals surface area contributed by atoms with Crippen LogP contribution in [-0.4, -0.2) is 36.8 Å². The van der Waals surface area contributed by atoms with Crippen molar-refractivity contribution in [1.82, 2.24) is 4.31 Å². The summed E-state index contributed by atoms with van der Waals surface area (Å²) in [5.74, 6) is -0.160. The Labute approximate surface area is 140 Å². The topological polar surface area (TPSA) is 99.9 Å². The number of rotatable bonds is 6. The third-order valence-corrected chi connectivity index (χ3v) is 5.57. The Kier molecular flexibility index (Phi) is 5.30. The Morgan fingerprint density at radius 2 is 1.88 bits per heavy atom. The van der Waals surface area contributed by atoms with Crippen LogP contribution in [0.5, 0.6) is 5.75 Å². The standard InChI is InChI=1S/C16H20N2O5S/c1-4-18(5-2)24(21,22)12-7-8-14(19)13(10-12)17-16(20)15-9-6-11(3)23-15/h6-10,19H,4-5H2,1-3H3,(H,17,20). The number of nitrogens with zero attached hydrogens (tertiary/aromatic N) is 1. The lowest BCUT2D eigenvalue weighted by Gasteiger charge is -2.19. The summed E-state index contributed by atoms with van der Waals surface area (Å²) in [5.41, 5.74) is 0.00211. The molecule has 2 aromatic rings. The molecule has 2 rings (SSSR count). The van der Waals surface area contributed by atoms with Gasteiger partial charge >= 0.3 is 0 Å². The Hall–Kier alpha value is -2.32. The number of anilines is 1. The lowest BCUT2D eigenvalue weighted by atomic mass is 10.3. The first-order valence-electron chi connectivity index (χ1n) is 7.50. The average Bonchev–Trinajstić information content (AvgIpc) is 2.97. The minimum absolute atomic E-state index is 0.00211. The molecule has 8 heteroatoms. The maximum Gasteiger partial charge on any atom is 0.291 e. The van der Waals surface area contributed by atoms with Crippen molar-refractivity contribution in [3.8, 4) is 5.75 Å². The van der Waals surface area contributed by atoms with Crippen molar-refractivity contribution in [1.29, 1.82) is 0 Å². The van der Waals surface area contributed by atoms with Gasteiger partial charge in [0.1, 0.15) is 11.5 Å². The van der Waals surface area contributed by atoms with Crippen LogP contribution >= 0.6 is 0 Å². The van der Waals surface area contributed by atoms with E-state index in [4.69, 9.17) is 4.42 Å². The first-order valence-corrected chi connectivity index (χ1v) is 8.94. The normalized spacial score (nSPS) is 11.7. The molecule has 0 aliphatic rings. The molecule has 0 unspecified atom stereocenters. The van der Waals surface area contributed by atoms with Crippen molar-refractivity contribution < 1.29 is 22.7 Å². The Morgan fingerprint density at radius 3 is 2.42 bits per heavy atom. The fourth-order valence-corrected chi connectivity index (χ4v) is 3.71. The van der Waals surface area contributed by atoms with Gasteiger partial charge in [-0.3, -0.25) is 4.79 Å². The molecule has 2 N–H and O–H groups in total. The molecular weight excluding hydrogens is 332 g/mol. The number of carbonyl (C=O) groups excluding carboxylic acids is 1. The quantitative estimate of drug-likeness (QED) is 0.778. The summed E-state index contributed by atoms with van der Waals surface area (Å²) in [4.78, 5) is 12.1. The van der Waals surface area contributed by atoms with Crippen LogP contribution in [0.2, 0.25) is 0 Å². The third kappa shape index (κ3) is 3.60. The van der Waals surface area contributed by atoms with Gasteiger partial charge in [-0.2, -0.15) is 4.31 Å². The molecule has 0 saturated carbocycles. The molecule has 0 bridgehead atoms. The summed E-state index contributed by atoms with van der Waals surface area (Å²) < 4.78 is 31.6. The molecule has 130 valence electrons. The zero-order valence-electron chi connectivity index (χ0n) is 13.7. The maximum atomic E-state index is 12.5. The summed E-state index contributed by atoms with van der Waals surface area (Å²) in [5, 5.41) is 12.4. The summed E-state index contributed by atoms with van der Waals surface area (Å²) in [6.45, 7) is 5.83. The number of benzene rings is 1. The molecule has 0 atom stereocenters. The molecule has 1 heterocycles. The monoisotopic (exact) mass is 352 g/mol. The van der Waals surface area contributed by atoms with Crippen molar-refractivity contribution in [2.24, 2.45) is 0 Å². The van der Waals surface area contributed by atoms with Crippen molar-refractivity contribution in [3.05, 3.63) is 41.9 Å². The molecule has 0 radical (unpaired) electrons. The van der Waals surface area contributed by atoms with Crippen LogP contribution in [0.25, 0.3) is 0 Å². The van der Waals surface area contributed by atoms with Gasteiger partial charge in [0.2, 0.25) is 10.0 Å². The molecule has 0 spiro atoms. The molecule has 7 nitrogen and oxygen atoms in total. The summed E-state index contributed by atoms with van der Waals surface area (Å²) in [7, 11) is -3.69. The highest BCUT2D eigenvalue weighted by Crippen LogP contribution is 2.28. The second-order valence-corrected chi connectivity index (χ2v) is 7.07. The summed E-state index contributed by atoms with van der Waals surface area (Å²) in [6.07, 6.45) is 0. The summed E-state index contributed by atoms with van der Waals surface area (Å²) >= 11 is 0. The van der Waals surface area contributed by atoms with E-state index in [0.29, 0.717) is 18.8 Å². The molecule has 0 aliphatic carbocycles. The van der Waals surface area contributed by atoms with Crippen LogP contribution in [0.3, 0.4) is 0 Å². The van der Waals surface area contributed by atoms with E-state index < -0.39 is 15.9 Å². The van der Waals surface area contributed by atoms with Gasteiger partial charge in [-0.1, -0.05) is 13.8 Å². The van der Waals surface area contributed by atoms with E-state index in [1.807, 2.05) is 0 Å². The molecule has 1 aromatic heterocycles. The number of hydrogen-bond acceptors (Lipinski definition) is 5. The zero-order chi connectivity index (χ0) is 17.9. The van der Waals surface area contributed by atoms with Gasteiger partial charge in [0.05, 0.1) is 10.6 Å². The lowest BCUT2D eigenvalue weighted by molar-refractivity contribution is 0.0995. The van der Waals surface area contributed by atoms with Gasteiger partial charge < -0.3 is 14.8 Å². The minimum Gasteiger partial charge on any atom is -0.506 e. The van der Waals surface area contributed by atoms with Crippen LogP contribution in [-0.2, 0) is 10.0 Å². The molecular formula is C16H20N2O5S. The van der Waals surface area contributed by atoms with Crippen LogP contribution in [0, 0.1) is 6.92 Å². The Morgan fingerprint density at radius 1 is 1.21 bits per heavy atom. The third-order valence-electron chi connectivity index (χ3n) is 3.52. The van der Waals surface area contributed by atoms with Crippen molar-refractivity contribution in [3.63, 3.8) is 0 Å². The number of furan rings is 1. The number of nitrogens with one attached hydrogen (secondary N) is 1. The van der Waals surface area contributed by atoms with Gasteiger partial charge in [-0.05, 0) is 37.3 Å². The number of phenols is 1. The average molecular weight is 352 g/mol. The van der Waals surface area contributed by atoms with Gasteiger partial charge in [0.25, 0.3) is 5.91 Å². The predicted octanol–water partition coefficient (Wildman–Crippen LogP) is 2.58. The van der Waals surface area contributed by atoms with Crippen LogP contribution < -0.4 is 5.32 Å². The van der Waals surface area contributed by atoms with Crippen molar-refractivity contribution in [2.75, 3.05) is 18.4 Å². The number of amides is 1. The highest BCUT2D eigenvalue weighted by molar-refractivity contribution is 7.89. The van der Waals surface area contributed by atoms with Gasteiger partial charge in [-0.25, -0.2) is 8.42 Å². The van der Waals surface area contributed by atoms with E-state index in [-0.39, 0.29) is 22.1 Å². The van der Waals surface area contributed by atoms with Crippen LogP contribution in [0.15, 0.2) is 39.6 Å². The second kappa shape index (κ2) is 7.06. The van der Waals surface area contributed by atoms with Gasteiger partial charge in [0, 0.05) is 13.1 Å². The fourth-order valence-electron chi connectivity index (χ4n) is 2.23. The predicted molar refractivity (Wildman–Crippen MR) is 89.6 cm³/mol. The Bertz CT molecular complexity index is 838. The van der Waals surface area contributed by atoms with E-state index in [9.17, 15) is 18.3 Å². The minimum atomic E-state index is -3.69. The van der Waals surface area contributed by atoms with E-state index in [1.165, 1.54) is 28.6 Å². The van der Waals surface area contributed by atoms with Crippen molar-refractivity contribution in [2.45, 2.75) is 25.7 Å². The van der Waals surface area contributed by atoms with Gasteiger partial charge in [-0.15, -0.1) is 0 Å². The van der Waals surface area contributed by atoms with E-state index in [2.05, 4.69) is 5.32 Å². The number of phenolic OH excluding ortho intramolecular Hbond substituents is 1. The molecule has 24 heavy (non-hydrogen) atoms. The second-order valence-electron chi connectivity index (χ2n) is 5.13. The largest absolute Gasteiger partial charge is 0.506 e. The van der Waals surface area contributed by atoms with E-state index in [1.54, 1.807) is 26.8 Å². The molecule has 0 fully saturated rings. The van der Waals surface area contributed by atoms with Crippen LogP contribution in [0.1, 0.15) is 30.2 Å². The number of hydrogen-bond donors (Lipinski definition) is 2. The number of sulfonamides is 1. The first-order chi connectivity index (χ1) is 11.3. The molecule has 0 saturated heterocycles. The molecule has 1 aromatic carbocycles. The molecule has 0 aliphatic heterocycles. The Balaban J connectivity index is 2.34. The van der Waals surface area contributed by atoms with E-state index in [0.717, 1.165) is 0 Å². The number of aryl methyl sites for hydroxylation is 1. The number of carbonyl (C=O) groups is 1. The lowest BCUT2D eigenvalue weighted by Crippen LogP contribution is -2.30. The number of aromatic hydroxyl groups is 1. The van der Waals surface area contributed by atoms with Crippen molar-refractivity contribution >= 4 is 21.6 Å². The SMILES string of the molecule is CCN(CC)S(=O)(=O)c1ccc(O)c(NC(=O)c2ccc(C)o2)c1. The fraction of sp³-hybridized carbons (Fsp3) is 0.312. The highest BCUT2D eigenvalue weighted by atomic mass is 32.2. The molecule has 1 amide bonds.